The summed E-state index contributed by atoms with van der Waals surface area (Å²) in [6, 6.07) is -0.511. The van der Waals surface area contributed by atoms with E-state index >= 15 is 0 Å². The summed E-state index contributed by atoms with van der Waals surface area (Å²) in [5.41, 5.74) is -0.923. The molecule has 1 aromatic heterocycles. The Hall–Kier alpha value is -0.900. The normalized spacial score (nSPS) is 12.6. The number of carbonyl (C=O) groups is 1. The molecule has 1 unspecified atom stereocenters. The predicted octanol–water partition coefficient (Wildman–Crippen LogP) is 2.39. The lowest BCUT2D eigenvalue weighted by molar-refractivity contribution is -0.140. The number of nitrogens with zero attached hydrogens (tertiary/aromatic N) is 1. The minimum Gasteiger partial charge on any atom is -0.383 e. The molecule has 2 N–H and O–H groups in total. The summed E-state index contributed by atoms with van der Waals surface area (Å²) in [7, 11) is 1.55. The number of aromatic nitrogens is 1. The first-order valence-corrected chi connectivity index (χ1v) is 7.28. The summed E-state index contributed by atoms with van der Waals surface area (Å²) < 4.78 is 42.3. The summed E-state index contributed by atoms with van der Waals surface area (Å²) >= 11 is 0.897. The average molecular weight is 362 g/mol. The highest BCUT2D eigenvalue weighted by Gasteiger charge is 2.34. The van der Waals surface area contributed by atoms with Crippen molar-refractivity contribution in [1.82, 2.24) is 15.6 Å². The van der Waals surface area contributed by atoms with Crippen LogP contribution in [0.2, 0.25) is 0 Å². The highest BCUT2D eigenvalue weighted by atomic mass is 35.5. The van der Waals surface area contributed by atoms with Gasteiger partial charge in [-0.3, -0.25) is 4.79 Å². The van der Waals surface area contributed by atoms with Crippen LogP contribution in [0.25, 0.3) is 0 Å². The van der Waals surface area contributed by atoms with Crippen LogP contribution in [0.1, 0.15) is 30.1 Å². The standard InChI is InChI=1S/C12H18F3N3O2S.ClH/c1-3-8(17-10(19)6-16-4-5-20-2)11-18-9(7-21-11)12(13,14)15;/h7-8,16H,3-6H2,1-2H3,(H,17,19);1H. The highest BCUT2D eigenvalue weighted by Crippen LogP contribution is 2.32. The summed E-state index contributed by atoms with van der Waals surface area (Å²) in [6.07, 6.45) is -3.99. The van der Waals surface area contributed by atoms with Gasteiger partial charge in [0, 0.05) is 19.0 Å². The van der Waals surface area contributed by atoms with Gasteiger partial charge in [0.2, 0.25) is 5.91 Å². The lowest BCUT2D eigenvalue weighted by atomic mass is 10.2. The largest absolute Gasteiger partial charge is 0.434 e. The molecule has 0 saturated carbocycles. The maximum atomic E-state index is 12.5. The van der Waals surface area contributed by atoms with Crippen molar-refractivity contribution in [2.75, 3.05) is 26.8 Å². The number of thiazole rings is 1. The fourth-order valence-electron chi connectivity index (χ4n) is 1.54. The van der Waals surface area contributed by atoms with E-state index in [-0.39, 0.29) is 29.9 Å². The molecule has 0 bridgehead atoms. The van der Waals surface area contributed by atoms with Crippen LogP contribution in [0.15, 0.2) is 5.38 Å². The van der Waals surface area contributed by atoms with E-state index in [1.807, 2.05) is 0 Å². The number of halogens is 4. The summed E-state index contributed by atoms with van der Waals surface area (Å²) in [6.45, 7) is 2.86. The zero-order valence-corrected chi connectivity index (χ0v) is 13.8. The van der Waals surface area contributed by atoms with Gasteiger partial charge in [-0.15, -0.1) is 23.7 Å². The Morgan fingerprint density at radius 3 is 2.68 bits per heavy atom. The fraction of sp³-hybridized carbons (Fsp3) is 0.667. The van der Waals surface area contributed by atoms with Gasteiger partial charge in [-0.1, -0.05) is 6.92 Å². The van der Waals surface area contributed by atoms with Crippen LogP contribution < -0.4 is 10.6 Å². The number of hydrogen-bond donors (Lipinski definition) is 2. The Balaban J connectivity index is 0.00000441. The van der Waals surface area contributed by atoms with Gasteiger partial charge < -0.3 is 15.4 Å². The zero-order chi connectivity index (χ0) is 15.9. The number of hydrogen-bond acceptors (Lipinski definition) is 5. The van der Waals surface area contributed by atoms with Gasteiger partial charge in [0.25, 0.3) is 0 Å². The van der Waals surface area contributed by atoms with Crippen molar-refractivity contribution in [2.45, 2.75) is 25.6 Å². The Labute approximate surface area is 137 Å². The molecule has 22 heavy (non-hydrogen) atoms. The van der Waals surface area contributed by atoms with Crippen LogP contribution in [0.5, 0.6) is 0 Å². The molecule has 1 atom stereocenters. The smallest absolute Gasteiger partial charge is 0.383 e. The molecule has 1 heterocycles. The van der Waals surface area contributed by atoms with Gasteiger partial charge in [0.1, 0.15) is 5.01 Å². The average Bonchev–Trinajstić information content (AvgIpc) is 2.90. The minimum atomic E-state index is -4.46. The SMILES string of the molecule is CCC(NC(=O)CNCCOC)c1nc(C(F)(F)F)cs1.Cl. The van der Waals surface area contributed by atoms with E-state index in [2.05, 4.69) is 15.6 Å². The van der Waals surface area contributed by atoms with E-state index in [1.165, 1.54) is 0 Å². The zero-order valence-electron chi connectivity index (χ0n) is 12.2. The first kappa shape index (κ1) is 21.1. The van der Waals surface area contributed by atoms with Crippen LogP contribution in [-0.4, -0.2) is 37.7 Å². The number of ether oxygens (including phenoxy) is 1. The number of amides is 1. The summed E-state index contributed by atoms with van der Waals surface area (Å²) in [4.78, 5) is 15.2. The number of alkyl halides is 3. The molecule has 0 aliphatic carbocycles. The van der Waals surface area contributed by atoms with Gasteiger partial charge >= 0.3 is 6.18 Å². The van der Waals surface area contributed by atoms with Crippen LogP contribution in [0, 0.1) is 0 Å². The number of carbonyl (C=O) groups excluding carboxylic acids is 1. The van der Waals surface area contributed by atoms with E-state index in [4.69, 9.17) is 4.74 Å². The maximum absolute atomic E-state index is 12.5. The molecule has 0 aliphatic heterocycles. The van der Waals surface area contributed by atoms with Crippen molar-refractivity contribution >= 4 is 29.7 Å². The van der Waals surface area contributed by atoms with E-state index < -0.39 is 17.9 Å². The third-order valence-corrected chi connectivity index (χ3v) is 3.58. The molecule has 0 saturated heterocycles. The van der Waals surface area contributed by atoms with Gasteiger partial charge in [-0.2, -0.15) is 13.2 Å². The van der Waals surface area contributed by atoms with Crippen molar-refractivity contribution < 1.29 is 22.7 Å². The van der Waals surface area contributed by atoms with Crippen molar-refractivity contribution in [2.24, 2.45) is 0 Å². The van der Waals surface area contributed by atoms with Crippen molar-refractivity contribution in [1.29, 1.82) is 0 Å². The van der Waals surface area contributed by atoms with E-state index in [0.717, 1.165) is 16.7 Å². The molecule has 1 rings (SSSR count). The molecule has 0 radical (unpaired) electrons. The van der Waals surface area contributed by atoms with Gasteiger partial charge in [-0.05, 0) is 6.42 Å². The first-order chi connectivity index (χ1) is 9.88. The molecular weight excluding hydrogens is 343 g/mol. The molecule has 1 amide bonds. The fourth-order valence-corrected chi connectivity index (χ4v) is 2.50. The molecule has 1 aromatic rings. The Bertz CT molecular complexity index is 457. The molecule has 0 fully saturated rings. The Morgan fingerprint density at radius 1 is 1.50 bits per heavy atom. The van der Waals surface area contributed by atoms with E-state index in [1.54, 1.807) is 14.0 Å². The van der Waals surface area contributed by atoms with Crippen LogP contribution in [0.3, 0.4) is 0 Å². The van der Waals surface area contributed by atoms with E-state index in [0.29, 0.717) is 19.6 Å². The van der Waals surface area contributed by atoms with Crippen molar-refractivity contribution in [3.05, 3.63) is 16.1 Å². The lowest BCUT2D eigenvalue weighted by Crippen LogP contribution is -2.37. The molecule has 10 heteroatoms. The molecule has 128 valence electrons. The topological polar surface area (TPSA) is 63.2 Å². The predicted molar refractivity (Wildman–Crippen MR) is 80.3 cm³/mol. The molecule has 5 nitrogen and oxygen atoms in total. The Kier molecular flexibility index (Phi) is 9.58. The molecule has 0 aliphatic rings. The molecule has 0 spiro atoms. The Morgan fingerprint density at radius 2 is 2.18 bits per heavy atom. The lowest BCUT2D eigenvalue weighted by Gasteiger charge is -2.14. The van der Waals surface area contributed by atoms with Gasteiger partial charge in [-0.25, -0.2) is 4.98 Å². The minimum absolute atomic E-state index is 0. The monoisotopic (exact) mass is 361 g/mol. The third-order valence-electron chi connectivity index (χ3n) is 2.62. The maximum Gasteiger partial charge on any atom is 0.434 e. The third kappa shape index (κ3) is 6.91. The molecule has 0 aromatic carbocycles. The number of rotatable bonds is 8. The van der Waals surface area contributed by atoms with Crippen molar-refractivity contribution in [3.63, 3.8) is 0 Å². The first-order valence-electron chi connectivity index (χ1n) is 6.40. The van der Waals surface area contributed by atoms with Gasteiger partial charge in [0.05, 0.1) is 19.2 Å². The highest BCUT2D eigenvalue weighted by molar-refractivity contribution is 7.09. The second kappa shape index (κ2) is 9.98. The molecular formula is C12H19ClF3N3O2S. The summed E-state index contributed by atoms with van der Waals surface area (Å²) in [5, 5.41) is 6.74. The van der Waals surface area contributed by atoms with Crippen LogP contribution >= 0.6 is 23.7 Å². The van der Waals surface area contributed by atoms with Crippen molar-refractivity contribution in [3.8, 4) is 0 Å². The summed E-state index contributed by atoms with van der Waals surface area (Å²) in [5.74, 6) is -0.290. The van der Waals surface area contributed by atoms with Crippen LogP contribution in [0.4, 0.5) is 13.2 Å². The van der Waals surface area contributed by atoms with Gasteiger partial charge in [0.15, 0.2) is 5.69 Å². The van der Waals surface area contributed by atoms with E-state index in [9.17, 15) is 18.0 Å². The second-order valence-electron chi connectivity index (χ2n) is 4.27. The number of nitrogens with one attached hydrogen (secondary N) is 2. The number of methoxy groups -OCH3 is 1. The quantitative estimate of drug-likeness (QED) is 0.698. The van der Waals surface area contributed by atoms with Crippen LogP contribution in [-0.2, 0) is 15.7 Å². The second-order valence-corrected chi connectivity index (χ2v) is 5.16.